The normalized spacial score (nSPS) is 14.8. The summed E-state index contributed by atoms with van der Waals surface area (Å²) in [6.07, 6.45) is 1.60. The van der Waals surface area contributed by atoms with Crippen molar-refractivity contribution in [3.8, 4) is 11.1 Å². The van der Waals surface area contributed by atoms with Crippen LogP contribution in [0.3, 0.4) is 0 Å². The van der Waals surface area contributed by atoms with Gasteiger partial charge in [-0.15, -0.1) is 0 Å². The topological polar surface area (TPSA) is 67.1 Å². The Hall–Kier alpha value is -2.55. The number of nitrogens with one attached hydrogen (secondary N) is 1. The van der Waals surface area contributed by atoms with Crippen molar-refractivity contribution in [2.24, 2.45) is 0 Å². The van der Waals surface area contributed by atoms with E-state index in [1.54, 1.807) is 12.3 Å². The van der Waals surface area contributed by atoms with Gasteiger partial charge in [0.1, 0.15) is 11.3 Å². The predicted molar refractivity (Wildman–Crippen MR) is 115 cm³/mol. The Bertz CT molecular complexity index is 1250. The molecule has 0 amide bonds. The molecule has 3 N–H and O–H groups in total. The highest BCUT2D eigenvalue weighted by Crippen LogP contribution is 2.42. The number of rotatable bonds is 2. The standard InChI is InChI=1S/C20H16ClF2N5S/c21-12-9-11-14(28-7-5-25-6-8-28)3-4-26-17(11)16(23)15(12)10-1-2-13(22)19-18(10)27-20(24)29-19/h1-4,9,25H,5-8H2,(H2,24,27). The first-order valence-corrected chi connectivity index (χ1v) is 10.3. The maximum absolute atomic E-state index is 15.7. The smallest absolute Gasteiger partial charge is 0.181 e. The van der Waals surface area contributed by atoms with E-state index in [2.05, 4.69) is 20.2 Å². The van der Waals surface area contributed by atoms with Gasteiger partial charge in [0.2, 0.25) is 0 Å². The second-order valence-corrected chi connectivity index (χ2v) is 8.27. The van der Waals surface area contributed by atoms with Crippen LogP contribution in [0.2, 0.25) is 5.02 Å². The van der Waals surface area contributed by atoms with Crippen molar-refractivity contribution >= 4 is 54.9 Å². The second kappa shape index (κ2) is 7.05. The molecule has 0 unspecified atom stereocenters. The fourth-order valence-corrected chi connectivity index (χ4v) is 4.88. The Balaban J connectivity index is 1.76. The maximum atomic E-state index is 15.7. The van der Waals surface area contributed by atoms with Crippen molar-refractivity contribution in [3.05, 3.63) is 47.1 Å². The van der Waals surface area contributed by atoms with Gasteiger partial charge in [0.05, 0.1) is 15.2 Å². The minimum absolute atomic E-state index is 0.152. The summed E-state index contributed by atoms with van der Waals surface area (Å²) in [5.41, 5.74) is 7.73. The third-order valence-corrected chi connectivity index (χ3v) is 6.33. The number of nitrogens with two attached hydrogens (primary N) is 1. The quantitative estimate of drug-likeness (QED) is 0.491. The van der Waals surface area contributed by atoms with Crippen LogP contribution in [0.1, 0.15) is 0 Å². The number of nitrogen functional groups attached to an aromatic ring is 1. The molecule has 148 valence electrons. The lowest BCUT2D eigenvalue weighted by molar-refractivity contribution is 0.590. The molecule has 1 fully saturated rings. The molecule has 9 heteroatoms. The van der Waals surface area contributed by atoms with Crippen molar-refractivity contribution in [1.82, 2.24) is 15.3 Å². The average molecular weight is 432 g/mol. The average Bonchev–Trinajstić information content (AvgIpc) is 3.12. The van der Waals surface area contributed by atoms with E-state index < -0.39 is 11.6 Å². The van der Waals surface area contributed by atoms with Crippen LogP contribution in [0, 0.1) is 11.6 Å². The fraction of sp³-hybridized carbons (Fsp3) is 0.200. The summed E-state index contributed by atoms with van der Waals surface area (Å²) in [5.74, 6) is -1.00. The van der Waals surface area contributed by atoms with Crippen LogP contribution in [-0.4, -0.2) is 36.1 Å². The number of piperazine rings is 1. The highest BCUT2D eigenvalue weighted by atomic mass is 35.5. The van der Waals surface area contributed by atoms with E-state index in [1.807, 2.05) is 6.07 Å². The van der Waals surface area contributed by atoms with E-state index in [1.165, 1.54) is 12.1 Å². The zero-order valence-corrected chi connectivity index (χ0v) is 16.7. The number of pyridine rings is 1. The van der Waals surface area contributed by atoms with Crippen LogP contribution in [-0.2, 0) is 0 Å². The summed E-state index contributed by atoms with van der Waals surface area (Å²) < 4.78 is 30.1. The second-order valence-electron chi connectivity index (χ2n) is 6.84. The van der Waals surface area contributed by atoms with E-state index in [4.69, 9.17) is 17.3 Å². The molecule has 1 aliphatic heterocycles. The van der Waals surface area contributed by atoms with E-state index in [0.29, 0.717) is 16.5 Å². The Kier molecular flexibility index (Phi) is 4.49. The number of halogens is 3. The van der Waals surface area contributed by atoms with Crippen molar-refractivity contribution in [2.45, 2.75) is 0 Å². The third kappa shape index (κ3) is 2.99. The van der Waals surface area contributed by atoms with Gasteiger partial charge in [0.25, 0.3) is 0 Å². The van der Waals surface area contributed by atoms with Crippen LogP contribution in [0.15, 0.2) is 30.5 Å². The summed E-state index contributed by atoms with van der Waals surface area (Å²) >= 11 is 7.57. The van der Waals surface area contributed by atoms with Crippen molar-refractivity contribution in [3.63, 3.8) is 0 Å². The molecule has 0 spiro atoms. The van der Waals surface area contributed by atoms with E-state index >= 15 is 4.39 Å². The van der Waals surface area contributed by atoms with Gasteiger partial charge in [0, 0.05) is 54.6 Å². The monoisotopic (exact) mass is 431 g/mol. The van der Waals surface area contributed by atoms with Gasteiger partial charge in [0.15, 0.2) is 10.9 Å². The van der Waals surface area contributed by atoms with Gasteiger partial charge < -0.3 is 16.0 Å². The number of benzene rings is 2. The predicted octanol–water partition coefficient (Wildman–Crippen LogP) is 4.43. The van der Waals surface area contributed by atoms with Crippen LogP contribution in [0.4, 0.5) is 19.6 Å². The molecule has 29 heavy (non-hydrogen) atoms. The van der Waals surface area contributed by atoms with Crippen molar-refractivity contribution < 1.29 is 8.78 Å². The molecule has 0 radical (unpaired) electrons. The van der Waals surface area contributed by atoms with E-state index in [0.717, 1.165) is 43.2 Å². The number of hydrogen-bond acceptors (Lipinski definition) is 6. The number of hydrogen-bond donors (Lipinski definition) is 2. The molecule has 2 aromatic heterocycles. The summed E-state index contributed by atoms with van der Waals surface area (Å²) in [7, 11) is 0. The molecule has 0 saturated carbocycles. The third-order valence-electron chi connectivity index (χ3n) is 5.14. The molecular weight excluding hydrogens is 416 g/mol. The molecule has 0 bridgehead atoms. The van der Waals surface area contributed by atoms with E-state index in [-0.39, 0.29) is 25.9 Å². The van der Waals surface area contributed by atoms with Gasteiger partial charge in [-0.05, 0) is 24.3 Å². The van der Waals surface area contributed by atoms with Crippen LogP contribution >= 0.6 is 22.9 Å². The lowest BCUT2D eigenvalue weighted by Crippen LogP contribution is -2.43. The zero-order valence-electron chi connectivity index (χ0n) is 15.2. The van der Waals surface area contributed by atoms with Crippen LogP contribution < -0.4 is 16.0 Å². The number of anilines is 2. The SMILES string of the molecule is Nc1nc2c(-c3c(Cl)cc4c(N5CCNCC5)ccnc4c3F)ccc(F)c2s1. The van der Waals surface area contributed by atoms with Crippen LogP contribution in [0.5, 0.6) is 0 Å². The maximum Gasteiger partial charge on any atom is 0.181 e. The molecule has 1 saturated heterocycles. The highest BCUT2D eigenvalue weighted by Gasteiger charge is 2.23. The first-order chi connectivity index (χ1) is 14.0. The van der Waals surface area contributed by atoms with Gasteiger partial charge >= 0.3 is 0 Å². The lowest BCUT2D eigenvalue weighted by Gasteiger charge is -2.30. The number of fused-ring (bicyclic) bond motifs is 2. The summed E-state index contributed by atoms with van der Waals surface area (Å²) in [4.78, 5) is 10.7. The van der Waals surface area contributed by atoms with Crippen LogP contribution in [0.25, 0.3) is 32.2 Å². The largest absolute Gasteiger partial charge is 0.375 e. The summed E-state index contributed by atoms with van der Waals surface area (Å²) in [5, 5.41) is 4.39. The Morgan fingerprint density at radius 3 is 2.72 bits per heavy atom. The van der Waals surface area contributed by atoms with Gasteiger partial charge in [-0.3, -0.25) is 4.98 Å². The van der Waals surface area contributed by atoms with E-state index in [9.17, 15) is 4.39 Å². The van der Waals surface area contributed by atoms with Gasteiger partial charge in [-0.1, -0.05) is 22.9 Å². The van der Waals surface area contributed by atoms with Crippen molar-refractivity contribution in [2.75, 3.05) is 36.8 Å². The Morgan fingerprint density at radius 2 is 1.93 bits per heavy atom. The Labute approximate surface area is 174 Å². The molecule has 1 aliphatic rings. The highest BCUT2D eigenvalue weighted by molar-refractivity contribution is 7.22. The summed E-state index contributed by atoms with van der Waals surface area (Å²) in [6.45, 7) is 3.35. The first kappa shape index (κ1) is 18.5. The summed E-state index contributed by atoms with van der Waals surface area (Å²) in [6, 6.07) is 6.36. The molecule has 5 rings (SSSR count). The lowest BCUT2D eigenvalue weighted by atomic mass is 10.0. The first-order valence-electron chi connectivity index (χ1n) is 9.12. The minimum atomic E-state index is -0.552. The molecule has 2 aromatic carbocycles. The van der Waals surface area contributed by atoms with Gasteiger partial charge in [-0.25, -0.2) is 13.8 Å². The minimum Gasteiger partial charge on any atom is -0.375 e. The molecular formula is C20H16ClF2N5S. The molecule has 3 heterocycles. The van der Waals surface area contributed by atoms with Gasteiger partial charge in [-0.2, -0.15) is 0 Å². The Morgan fingerprint density at radius 1 is 1.14 bits per heavy atom. The molecule has 0 atom stereocenters. The number of nitrogens with zero attached hydrogens (tertiary/aromatic N) is 3. The van der Waals surface area contributed by atoms with Crippen molar-refractivity contribution in [1.29, 1.82) is 0 Å². The molecule has 4 aromatic rings. The zero-order chi connectivity index (χ0) is 20.1. The molecule has 0 aliphatic carbocycles. The fourth-order valence-electron chi connectivity index (χ4n) is 3.82. The number of aromatic nitrogens is 2. The molecule has 5 nitrogen and oxygen atoms in total. The number of thiazole rings is 1.